The fraction of sp³-hybridized carbons (Fsp3) is 0.267. The second-order valence-electron chi connectivity index (χ2n) is 5.32. The lowest BCUT2D eigenvalue weighted by Crippen LogP contribution is -2.41. The molecule has 13 heteroatoms. The molecule has 1 aromatic carbocycles. The summed E-state index contributed by atoms with van der Waals surface area (Å²) in [5.74, 6) is -1.17. The number of urea groups is 1. The van der Waals surface area contributed by atoms with E-state index in [1.54, 1.807) is 6.92 Å². The molecule has 0 aliphatic heterocycles. The molecule has 1 aromatic heterocycles. The van der Waals surface area contributed by atoms with Crippen LogP contribution in [0.1, 0.15) is 12.6 Å². The standard InChI is InChI=1S/C15H13ClF4N4O4/c1-3-28-22-13(26)21-9-5-10(8(17)4-7(9)16)24-12(25)6-11(15(18,19)20)23(2)14(24)27/h4-6H,3H2,1-2H3,(H2,21,22,26). The van der Waals surface area contributed by atoms with Crippen molar-refractivity contribution >= 4 is 23.3 Å². The van der Waals surface area contributed by atoms with Crippen LogP contribution in [0.25, 0.3) is 5.69 Å². The fourth-order valence-corrected chi connectivity index (χ4v) is 2.41. The van der Waals surface area contributed by atoms with Crippen molar-refractivity contribution in [3.63, 3.8) is 0 Å². The van der Waals surface area contributed by atoms with E-state index >= 15 is 0 Å². The molecule has 1 heterocycles. The lowest BCUT2D eigenvalue weighted by Gasteiger charge is -2.15. The van der Waals surface area contributed by atoms with Crippen LogP contribution in [-0.2, 0) is 18.1 Å². The Kier molecular flexibility index (Phi) is 6.14. The molecule has 0 aliphatic carbocycles. The zero-order valence-electron chi connectivity index (χ0n) is 14.4. The molecule has 0 atom stereocenters. The second kappa shape index (κ2) is 8.02. The second-order valence-corrected chi connectivity index (χ2v) is 5.72. The summed E-state index contributed by atoms with van der Waals surface area (Å²) in [4.78, 5) is 40.7. The van der Waals surface area contributed by atoms with Crippen molar-refractivity contribution in [1.29, 1.82) is 0 Å². The monoisotopic (exact) mass is 424 g/mol. The fourth-order valence-electron chi connectivity index (χ4n) is 2.21. The van der Waals surface area contributed by atoms with Gasteiger partial charge in [0.25, 0.3) is 5.56 Å². The maximum absolute atomic E-state index is 14.3. The first-order valence-electron chi connectivity index (χ1n) is 7.55. The number of hydrogen-bond acceptors (Lipinski definition) is 4. The summed E-state index contributed by atoms with van der Waals surface area (Å²) in [5.41, 5.74) is -3.29. The van der Waals surface area contributed by atoms with Gasteiger partial charge in [-0.2, -0.15) is 13.2 Å². The molecule has 28 heavy (non-hydrogen) atoms. The van der Waals surface area contributed by atoms with Crippen molar-refractivity contribution in [1.82, 2.24) is 14.6 Å². The van der Waals surface area contributed by atoms with Crippen LogP contribution in [0.5, 0.6) is 0 Å². The first kappa shape index (κ1) is 21.4. The number of hydroxylamine groups is 1. The van der Waals surface area contributed by atoms with Crippen LogP contribution in [0.4, 0.5) is 28.0 Å². The molecule has 0 aliphatic rings. The average Bonchev–Trinajstić information content (AvgIpc) is 2.59. The first-order valence-corrected chi connectivity index (χ1v) is 7.93. The summed E-state index contributed by atoms with van der Waals surface area (Å²) in [6.45, 7) is 1.74. The predicted molar refractivity (Wildman–Crippen MR) is 91.0 cm³/mol. The van der Waals surface area contributed by atoms with Gasteiger partial charge in [-0.25, -0.2) is 24.0 Å². The molecule has 0 fully saturated rings. The Bertz CT molecular complexity index is 1030. The molecular formula is C15H13ClF4N4O4. The molecule has 0 saturated heterocycles. The lowest BCUT2D eigenvalue weighted by atomic mass is 10.2. The van der Waals surface area contributed by atoms with E-state index in [1.807, 2.05) is 5.48 Å². The van der Waals surface area contributed by atoms with Crippen LogP contribution in [0.15, 0.2) is 27.8 Å². The van der Waals surface area contributed by atoms with Gasteiger partial charge in [-0.1, -0.05) is 11.6 Å². The van der Waals surface area contributed by atoms with E-state index in [9.17, 15) is 31.9 Å². The number of anilines is 1. The van der Waals surface area contributed by atoms with Crippen molar-refractivity contribution in [2.75, 3.05) is 11.9 Å². The van der Waals surface area contributed by atoms with Crippen molar-refractivity contribution in [2.45, 2.75) is 13.1 Å². The molecule has 0 unspecified atom stereocenters. The van der Waals surface area contributed by atoms with Gasteiger partial charge in [0.05, 0.1) is 23.0 Å². The maximum Gasteiger partial charge on any atom is 0.431 e. The summed E-state index contributed by atoms with van der Waals surface area (Å²) >= 11 is 5.82. The zero-order chi connectivity index (χ0) is 21.2. The smallest absolute Gasteiger partial charge is 0.305 e. The molecule has 2 amide bonds. The van der Waals surface area contributed by atoms with Crippen LogP contribution < -0.4 is 22.0 Å². The van der Waals surface area contributed by atoms with Gasteiger partial charge in [-0.15, -0.1) is 0 Å². The number of nitrogens with zero attached hydrogens (tertiary/aromatic N) is 2. The van der Waals surface area contributed by atoms with Crippen molar-refractivity contribution in [3.8, 4) is 5.69 Å². The SMILES string of the molecule is CCONC(=O)Nc1cc(-n2c(=O)cc(C(F)(F)F)n(C)c2=O)c(F)cc1Cl. The quantitative estimate of drug-likeness (QED) is 0.582. The van der Waals surface area contributed by atoms with E-state index in [4.69, 9.17) is 11.6 Å². The Morgan fingerprint density at radius 1 is 1.25 bits per heavy atom. The Morgan fingerprint density at radius 3 is 2.46 bits per heavy atom. The van der Waals surface area contributed by atoms with E-state index in [0.717, 1.165) is 13.1 Å². The highest BCUT2D eigenvalue weighted by atomic mass is 35.5. The molecule has 0 spiro atoms. The number of amides is 2. The van der Waals surface area contributed by atoms with Crippen molar-refractivity contribution in [3.05, 3.63) is 55.6 Å². The number of carbonyl (C=O) groups is 1. The van der Waals surface area contributed by atoms with Gasteiger partial charge in [-0.3, -0.25) is 14.2 Å². The number of halogens is 5. The number of benzene rings is 1. The van der Waals surface area contributed by atoms with Crippen LogP contribution >= 0.6 is 11.6 Å². The lowest BCUT2D eigenvalue weighted by molar-refractivity contribution is -0.144. The van der Waals surface area contributed by atoms with E-state index in [-0.39, 0.29) is 32.5 Å². The minimum Gasteiger partial charge on any atom is -0.305 e. The molecule has 8 nitrogen and oxygen atoms in total. The summed E-state index contributed by atoms with van der Waals surface area (Å²) in [5, 5.41) is 1.91. The Balaban J connectivity index is 2.62. The maximum atomic E-state index is 14.3. The first-order chi connectivity index (χ1) is 13.0. The molecule has 0 saturated carbocycles. The van der Waals surface area contributed by atoms with Gasteiger partial charge in [0, 0.05) is 13.1 Å². The van der Waals surface area contributed by atoms with Crippen molar-refractivity contribution < 1.29 is 27.2 Å². The predicted octanol–water partition coefficient (Wildman–Crippen LogP) is 2.42. The number of hydrogen-bond donors (Lipinski definition) is 2. The Hall–Kier alpha value is -2.86. The molecule has 2 N–H and O–H groups in total. The van der Waals surface area contributed by atoms with E-state index < -0.39 is 40.7 Å². The third-order valence-corrected chi connectivity index (χ3v) is 3.76. The highest BCUT2D eigenvalue weighted by Gasteiger charge is 2.35. The normalized spacial score (nSPS) is 11.4. The number of rotatable bonds is 4. The number of nitrogens with one attached hydrogen (secondary N) is 2. The average molecular weight is 425 g/mol. The number of aromatic nitrogens is 2. The summed E-state index contributed by atoms with van der Waals surface area (Å²) < 4.78 is 53.4. The highest BCUT2D eigenvalue weighted by Crippen LogP contribution is 2.28. The van der Waals surface area contributed by atoms with Crippen LogP contribution in [0, 0.1) is 5.82 Å². The molecule has 0 radical (unpaired) electrons. The summed E-state index contributed by atoms with van der Waals surface area (Å²) in [6, 6.07) is 0.786. The third-order valence-electron chi connectivity index (χ3n) is 3.45. The molecular weight excluding hydrogens is 412 g/mol. The van der Waals surface area contributed by atoms with Gasteiger partial charge in [-0.05, 0) is 19.1 Å². The molecule has 2 rings (SSSR count). The Morgan fingerprint density at radius 2 is 1.89 bits per heavy atom. The number of alkyl halides is 3. The molecule has 152 valence electrons. The van der Waals surface area contributed by atoms with Gasteiger partial charge in [0.1, 0.15) is 11.5 Å². The Labute approximate surface area is 159 Å². The van der Waals surface area contributed by atoms with Crippen LogP contribution in [0.3, 0.4) is 0 Å². The van der Waals surface area contributed by atoms with Crippen LogP contribution in [0.2, 0.25) is 5.02 Å². The van der Waals surface area contributed by atoms with Gasteiger partial charge in [0.15, 0.2) is 0 Å². The van der Waals surface area contributed by atoms with E-state index in [2.05, 4.69) is 10.2 Å². The highest BCUT2D eigenvalue weighted by molar-refractivity contribution is 6.33. The summed E-state index contributed by atoms with van der Waals surface area (Å²) in [7, 11) is 0.781. The zero-order valence-corrected chi connectivity index (χ0v) is 15.1. The van der Waals surface area contributed by atoms with Gasteiger partial charge in [0.2, 0.25) is 0 Å². The van der Waals surface area contributed by atoms with Gasteiger partial charge < -0.3 is 5.32 Å². The third kappa shape index (κ3) is 4.34. The minimum atomic E-state index is -4.96. The van der Waals surface area contributed by atoms with E-state index in [1.165, 1.54) is 0 Å². The van der Waals surface area contributed by atoms with Crippen LogP contribution in [-0.4, -0.2) is 21.8 Å². The largest absolute Gasteiger partial charge is 0.431 e. The molecule has 0 bridgehead atoms. The summed E-state index contributed by atoms with van der Waals surface area (Å²) in [6.07, 6.45) is -4.96. The van der Waals surface area contributed by atoms with Gasteiger partial charge >= 0.3 is 17.9 Å². The minimum absolute atomic E-state index is 0.146. The number of carbonyl (C=O) groups excluding carboxylic acids is 1. The topological polar surface area (TPSA) is 94.4 Å². The molecule has 2 aromatic rings. The van der Waals surface area contributed by atoms with E-state index in [0.29, 0.717) is 6.07 Å². The van der Waals surface area contributed by atoms with Crippen molar-refractivity contribution in [2.24, 2.45) is 7.05 Å².